The minimum atomic E-state index is -0.0105. The van der Waals surface area contributed by atoms with Crippen molar-refractivity contribution in [1.29, 1.82) is 0 Å². The molecular weight excluding hydrogens is 300 g/mol. The van der Waals surface area contributed by atoms with Crippen molar-refractivity contribution in [3.05, 3.63) is 57.5 Å². The Kier molecular flexibility index (Phi) is 3.88. The third kappa shape index (κ3) is 2.84. The summed E-state index contributed by atoms with van der Waals surface area (Å²) in [7, 11) is 2.05. The molecule has 0 bridgehead atoms. The molecule has 0 amide bonds. The standard InChI is InChI=1S/C19H24N4O/c1-22-10-9-15-16(12-22)21-19(20)23(18(15)24)17(11-13-7-8-13)14-5-3-2-4-6-14/h2-6,13,17H,7-12H2,1H3,(H2,20,21). The zero-order valence-corrected chi connectivity index (χ0v) is 14.1. The molecule has 2 aliphatic rings. The summed E-state index contributed by atoms with van der Waals surface area (Å²) in [4.78, 5) is 20.0. The molecule has 0 spiro atoms. The molecule has 126 valence electrons. The average molecular weight is 324 g/mol. The van der Waals surface area contributed by atoms with Crippen LogP contribution in [-0.4, -0.2) is 28.0 Å². The van der Waals surface area contributed by atoms with Crippen LogP contribution >= 0.6 is 0 Å². The second kappa shape index (κ2) is 6.06. The maximum atomic E-state index is 13.2. The van der Waals surface area contributed by atoms with Crippen LogP contribution in [0.25, 0.3) is 0 Å². The highest BCUT2D eigenvalue weighted by Gasteiger charge is 2.30. The topological polar surface area (TPSA) is 64.2 Å². The van der Waals surface area contributed by atoms with Crippen molar-refractivity contribution < 1.29 is 0 Å². The Morgan fingerprint density at radius 1 is 1.29 bits per heavy atom. The van der Waals surface area contributed by atoms with E-state index in [1.165, 1.54) is 12.8 Å². The molecule has 1 aliphatic heterocycles. The molecule has 4 rings (SSSR count). The minimum Gasteiger partial charge on any atom is -0.369 e. The van der Waals surface area contributed by atoms with Gasteiger partial charge in [0.2, 0.25) is 5.95 Å². The number of hydrogen-bond donors (Lipinski definition) is 1. The summed E-state index contributed by atoms with van der Waals surface area (Å²) in [5.41, 5.74) is 9.15. The van der Waals surface area contributed by atoms with Crippen LogP contribution in [-0.2, 0) is 13.0 Å². The second-order valence-electron chi connectivity index (χ2n) is 7.16. The Morgan fingerprint density at radius 2 is 2.04 bits per heavy atom. The van der Waals surface area contributed by atoms with Crippen LogP contribution in [0.3, 0.4) is 0 Å². The number of benzene rings is 1. The Balaban J connectivity index is 1.82. The van der Waals surface area contributed by atoms with E-state index in [-0.39, 0.29) is 11.6 Å². The highest BCUT2D eigenvalue weighted by atomic mass is 16.1. The van der Waals surface area contributed by atoms with E-state index in [0.29, 0.717) is 18.4 Å². The van der Waals surface area contributed by atoms with Crippen molar-refractivity contribution in [3.8, 4) is 0 Å². The lowest BCUT2D eigenvalue weighted by Gasteiger charge is -2.27. The highest BCUT2D eigenvalue weighted by molar-refractivity contribution is 5.33. The fourth-order valence-electron chi connectivity index (χ4n) is 3.69. The van der Waals surface area contributed by atoms with Gasteiger partial charge in [-0.1, -0.05) is 43.2 Å². The molecule has 0 radical (unpaired) electrons. The summed E-state index contributed by atoms with van der Waals surface area (Å²) in [5, 5.41) is 0. The third-order valence-corrected chi connectivity index (χ3v) is 5.23. The predicted octanol–water partition coefficient (Wildman–Crippen LogP) is 2.20. The number of likely N-dealkylation sites (N-methyl/N-ethyl adjacent to an activating group) is 1. The summed E-state index contributed by atoms with van der Waals surface area (Å²) in [6.45, 7) is 1.60. The van der Waals surface area contributed by atoms with Gasteiger partial charge in [-0.2, -0.15) is 0 Å². The summed E-state index contributed by atoms with van der Waals surface area (Å²) >= 11 is 0. The largest absolute Gasteiger partial charge is 0.369 e. The van der Waals surface area contributed by atoms with Gasteiger partial charge < -0.3 is 10.6 Å². The molecule has 2 aromatic rings. The van der Waals surface area contributed by atoms with Crippen molar-refractivity contribution in [2.24, 2.45) is 5.92 Å². The first kappa shape index (κ1) is 15.4. The van der Waals surface area contributed by atoms with E-state index in [4.69, 9.17) is 5.73 Å². The predicted molar refractivity (Wildman–Crippen MR) is 94.9 cm³/mol. The third-order valence-electron chi connectivity index (χ3n) is 5.23. The molecule has 2 heterocycles. The number of nitrogens with zero attached hydrogens (tertiary/aromatic N) is 3. The van der Waals surface area contributed by atoms with E-state index in [1.54, 1.807) is 4.57 Å². The van der Waals surface area contributed by atoms with Crippen LogP contribution in [0.15, 0.2) is 35.1 Å². The van der Waals surface area contributed by atoms with Gasteiger partial charge in [-0.25, -0.2) is 4.98 Å². The van der Waals surface area contributed by atoms with Gasteiger partial charge in [-0.3, -0.25) is 9.36 Å². The number of nitrogens with two attached hydrogens (primary N) is 1. The summed E-state index contributed by atoms with van der Waals surface area (Å²) in [5.74, 6) is 1.05. The van der Waals surface area contributed by atoms with E-state index in [2.05, 4.69) is 22.0 Å². The van der Waals surface area contributed by atoms with Crippen molar-refractivity contribution in [1.82, 2.24) is 14.5 Å². The quantitative estimate of drug-likeness (QED) is 0.936. The molecule has 1 unspecified atom stereocenters. The zero-order valence-electron chi connectivity index (χ0n) is 14.1. The minimum absolute atomic E-state index is 0.0105. The Bertz CT molecular complexity index is 795. The normalized spacial score (nSPS) is 19.0. The Hall–Kier alpha value is -2.14. The van der Waals surface area contributed by atoms with Crippen LogP contribution in [0.5, 0.6) is 0 Å². The van der Waals surface area contributed by atoms with Crippen molar-refractivity contribution in [3.63, 3.8) is 0 Å². The van der Waals surface area contributed by atoms with Gasteiger partial charge in [-0.05, 0) is 31.4 Å². The number of aromatic nitrogens is 2. The Labute approximate surface area is 142 Å². The van der Waals surface area contributed by atoms with E-state index < -0.39 is 0 Å². The first-order chi connectivity index (χ1) is 11.6. The van der Waals surface area contributed by atoms with Crippen molar-refractivity contribution in [2.75, 3.05) is 19.3 Å². The van der Waals surface area contributed by atoms with E-state index >= 15 is 0 Å². The van der Waals surface area contributed by atoms with Crippen LogP contribution < -0.4 is 11.3 Å². The highest BCUT2D eigenvalue weighted by Crippen LogP contribution is 2.39. The maximum absolute atomic E-state index is 13.2. The molecule has 24 heavy (non-hydrogen) atoms. The SMILES string of the molecule is CN1CCc2c(nc(N)n(C(CC3CC3)c3ccccc3)c2=O)C1. The lowest BCUT2D eigenvalue weighted by atomic mass is 9.99. The van der Waals surface area contributed by atoms with Crippen LogP contribution in [0.1, 0.15) is 42.1 Å². The van der Waals surface area contributed by atoms with Crippen LogP contribution in [0.4, 0.5) is 5.95 Å². The van der Waals surface area contributed by atoms with E-state index in [9.17, 15) is 4.79 Å². The Morgan fingerprint density at radius 3 is 2.75 bits per heavy atom. The maximum Gasteiger partial charge on any atom is 0.259 e. The number of anilines is 1. The monoisotopic (exact) mass is 324 g/mol. The molecule has 1 saturated carbocycles. The lowest BCUT2D eigenvalue weighted by molar-refractivity contribution is 0.304. The molecule has 1 aliphatic carbocycles. The average Bonchev–Trinajstić information content (AvgIpc) is 3.38. The molecule has 1 aromatic carbocycles. The smallest absolute Gasteiger partial charge is 0.259 e. The molecule has 0 saturated heterocycles. The molecule has 1 atom stereocenters. The van der Waals surface area contributed by atoms with Gasteiger partial charge in [-0.15, -0.1) is 0 Å². The number of nitrogen functional groups attached to an aromatic ring is 1. The molecule has 1 fully saturated rings. The summed E-state index contributed by atoms with van der Waals surface area (Å²) < 4.78 is 1.75. The van der Waals surface area contributed by atoms with Gasteiger partial charge in [0, 0.05) is 18.7 Å². The molecule has 2 N–H and O–H groups in total. The first-order valence-electron chi connectivity index (χ1n) is 8.76. The summed E-state index contributed by atoms with van der Waals surface area (Å²) in [6.07, 6.45) is 4.22. The van der Waals surface area contributed by atoms with Gasteiger partial charge in [0.1, 0.15) is 0 Å². The second-order valence-corrected chi connectivity index (χ2v) is 7.16. The molecule has 5 heteroatoms. The van der Waals surface area contributed by atoms with E-state index in [0.717, 1.165) is 36.2 Å². The van der Waals surface area contributed by atoms with Gasteiger partial charge in [0.15, 0.2) is 0 Å². The van der Waals surface area contributed by atoms with Gasteiger partial charge >= 0.3 is 0 Å². The first-order valence-corrected chi connectivity index (χ1v) is 8.76. The number of fused-ring (bicyclic) bond motifs is 1. The number of hydrogen-bond acceptors (Lipinski definition) is 4. The van der Waals surface area contributed by atoms with Crippen LogP contribution in [0.2, 0.25) is 0 Å². The number of rotatable bonds is 4. The lowest BCUT2D eigenvalue weighted by Crippen LogP contribution is -2.38. The fraction of sp³-hybridized carbons (Fsp3) is 0.474. The van der Waals surface area contributed by atoms with Gasteiger partial charge in [0.05, 0.1) is 11.7 Å². The molecular formula is C19H24N4O. The van der Waals surface area contributed by atoms with Gasteiger partial charge in [0.25, 0.3) is 5.56 Å². The fourth-order valence-corrected chi connectivity index (χ4v) is 3.69. The molecule has 1 aromatic heterocycles. The van der Waals surface area contributed by atoms with Crippen molar-refractivity contribution in [2.45, 2.75) is 38.3 Å². The van der Waals surface area contributed by atoms with Crippen LogP contribution in [0, 0.1) is 5.92 Å². The zero-order chi connectivity index (χ0) is 16.7. The van der Waals surface area contributed by atoms with Crippen molar-refractivity contribution >= 4 is 5.95 Å². The summed E-state index contributed by atoms with van der Waals surface area (Å²) in [6, 6.07) is 10.2. The van der Waals surface area contributed by atoms with E-state index in [1.807, 2.05) is 25.2 Å². The molecule has 5 nitrogen and oxygen atoms in total.